The van der Waals surface area contributed by atoms with Crippen LogP contribution >= 0.6 is 0 Å². The Morgan fingerprint density at radius 2 is 1.73 bits per heavy atom. The van der Waals surface area contributed by atoms with E-state index < -0.39 is 4.92 Å². The van der Waals surface area contributed by atoms with Crippen LogP contribution in [-0.4, -0.2) is 39.6 Å². The molecule has 1 aromatic carbocycles. The molecule has 9 nitrogen and oxygen atoms in total. The third-order valence-electron chi connectivity index (χ3n) is 7.13. The zero-order valence-corrected chi connectivity index (χ0v) is 18.6. The summed E-state index contributed by atoms with van der Waals surface area (Å²) in [5, 5.41) is 16.5. The number of nitro groups is 1. The third-order valence-corrected chi connectivity index (χ3v) is 7.13. The standard InChI is InChI=1S/C24H24N4O5/c1-13-10-17(14(2)26(13)19-9-8-18(28(31)32)11-20(19)33-3)12-25-27-23(29)21-15-4-5-16(7-6-15)22(21)24(27)30/h4-5,8-12,15-16,21-22H,6-7H2,1-3H3/b25-12-/t15-,16-,21+,22+/m0/s1. The molecule has 6 rings (SSSR count). The maximum Gasteiger partial charge on any atom is 0.273 e. The van der Waals surface area contributed by atoms with Crippen molar-refractivity contribution in [1.82, 2.24) is 9.58 Å². The number of rotatable bonds is 5. The zero-order chi connectivity index (χ0) is 23.4. The zero-order valence-electron chi connectivity index (χ0n) is 18.6. The van der Waals surface area contributed by atoms with E-state index in [9.17, 15) is 19.7 Å². The number of nitro benzene ring substituents is 1. The van der Waals surface area contributed by atoms with Crippen LogP contribution in [0.4, 0.5) is 5.69 Å². The SMILES string of the molecule is COc1cc([N+](=O)[O-])ccc1-n1c(C)cc(/C=N\N2C(=O)[C@H]3[C@H](C2=O)[C@H]2C=C[C@H]3CC2)c1C. The smallest absolute Gasteiger partial charge is 0.273 e. The van der Waals surface area contributed by atoms with Crippen LogP contribution in [0.5, 0.6) is 5.75 Å². The van der Waals surface area contributed by atoms with Gasteiger partial charge in [0.2, 0.25) is 0 Å². The molecule has 4 atom stereocenters. The number of fused-ring (bicyclic) bond motifs is 1. The molecule has 33 heavy (non-hydrogen) atoms. The van der Waals surface area contributed by atoms with Gasteiger partial charge in [-0.1, -0.05) is 12.2 Å². The lowest BCUT2D eigenvalue weighted by molar-refractivity contribution is -0.384. The number of amides is 2. The van der Waals surface area contributed by atoms with Crippen LogP contribution in [0.25, 0.3) is 5.69 Å². The van der Waals surface area contributed by atoms with Gasteiger partial charge in [0.1, 0.15) is 5.75 Å². The van der Waals surface area contributed by atoms with Crippen LogP contribution in [0, 0.1) is 47.6 Å². The van der Waals surface area contributed by atoms with Crippen molar-refractivity contribution in [1.29, 1.82) is 0 Å². The number of hydrogen-bond acceptors (Lipinski definition) is 6. The van der Waals surface area contributed by atoms with E-state index in [2.05, 4.69) is 17.3 Å². The number of methoxy groups -OCH3 is 1. The molecule has 1 aromatic heterocycles. The predicted octanol–water partition coefficient (Wildman–Crippen LogP) is 3.54. The van der Waals surface area contributed by atoms with Crippen LogP contribution in [0.1, 0.15) is 29.8 Å². The Morgan fingerprint density at radius 3 is 2.27 bits per heavy atom. The van der Waals surface area contributed by atoms with E-state index in [1.165, 1.54) is 19.2 Å². The van der Waals surface area contributed by atoms with Crippen LogP contribution in [0.15, 0.2) is 41.5 Å². The van der Waals surface area contributed by atoms with Crippen molar-refractivity contribution in [3.8, 4) is 11.4 Å². The van der Waals surface area contributed by atoms with Gasteiger partial charge in [-0.2, -0.15) is 10.1 Å². The molecule has 2 aromatic rings. The molecule has 0 unspecified atom stereocenters. The molecule has 1 saturated heterocycles. The number of ether oxygens (including phenoxy) is 1. The number of carbonyl (C=O) groups is 2. The van der Waals surface area contributed by atoms with Crippen molar-refractivity contribution >= 4 is 23.7 Å². The summed E-state index contributed by atoms with van der Waals surface area (Å²) in [5.41, 5.74) is 3.00. The number of non-ortho nitro benzene ring substituents is 1. The first kappa shape index (κ1) is 21.1. The summed E-state index contributed by atoms with van der Waals surface area (Å²) < 4.78 is 7.30. The Morgan fingerprint density at radius 1 is 1.09 bits per heavy atom. The number of hydrogen-bond donors (Lipinski definition) is 0. The molecule has 4 aliphatic rings. The normalized spacial score (nSPS) is 25.8. The lowest BCUT2D eigenvalue weighted by Crippen LogP contribution is -2.38. The van der Waals surface area contributed by atoms with Crippen molar-refractivity contribution in [2.75, 3.05) is 7.11 Å². The van der Waals surface area contributed by atoms with E-state index in [0.29, 0.717) is 11.4 Å². The molecule has 2 amide bonds. The Bertz CT molecular complexity index is 1210. The van der Waals surface area contributed by atoms with Crippen molar-refractivity contribution in [3.05, 3.63) is 63.5 Å². The van der Waals surface area contributed by atoms with Gasteiger partial charge in [0.05, 0.1) is 41.8 Å². The first-order chi connectivity index (χ1) is 15.8. The fourth-order valence-corrected chi connectivity index (χ4v) is 5.55. The topological polar surface area (TPSA) is 107 Å². The summed E-state index contributed by atoms with van der Waals surface area (Å²) >= 11 is 0. The van der Waals surface area contributed by atoms with Gasteiger partial charge in [-0.25, -0.2) is 0 Å². The number of allylic oxidation sites excluding steroid dienone is 2. The van der Waals surface area contributed by atoms with Crippen LogP contribution in [0.3, 0.4) is 0 Å². The van der Waals surface area contributed by atoms with Gasteiger partial charge in [0.15, 0.2) is 0 Å². The van der Waals surface area contributed by atoms with E-state index in [1.807, 2.05) is 24.5 Å². The van der Waals surface area contributed by atoms with Crippen molar-refractivity contribution < 1.29 is 19.2 Å². The van der Waals surface area contributed by atoms with Crippen LogP contribution in [-0.2, 0) is 9.59 Å². The molecule has 2 bridgehead atoms. The average Bonchev–Trinajstić information content (AvgIpc) is 3.25. The molecular formula is C24H24N4O5. The monoisotopic (exact) mass is 448 g/mol. The minimum absolute atomic E-state index is 0.0594. The summed E-state index contributed by atoms with van der Waals surface area (Å²) in [7, 11) is 1.46. The quantitative estimate of drug-likeness (QED) is 0.229. The van der Waals surface area contributed by atoms with Gasteiger partial charge >= 0.3 is 0 Å². The number of hydrazone groups is 1. The molecular weight excluding hydrogens is 424 g/mol. The maximum atomic E-state index is 13.0. The van der Waals surface area contributed by atoms with E-state index in [-0.39, 0.29) is 41.2 Å². The third kappa shape index (κ3) is 3.18. The Kier molecular flexibility index (Phi) is 4.92. The first-order valence-corrected chi connectivity index (χ1v) is 10.9. The second-order valence-corrected chi connectivity index (χ2v) is 8.85. The minimum Gasteiger partial charge on any atom is -0.494 e. The summed E-state index contributed by atoms with van der Waals surface area (Å²) in [6.07, 6.45) is 7.59. The number of aryl methyl sites for hydroxylation is 1. The van der Waals surface area contributed by atoms with Crippen molar-refractivity contribution in [2.24, 2.45) is 28.8 Å². The summed E-state index contributed by atoms with van der Waals surface area (Å²) in [6.45, 7) is 3.78. The molecule has 1 aliphatic heterocycles. The maximum absolute atomic E-state index is 13.0. The highest BCUT2D eigenvalue weighted by molar-refractivity contribution is 6.06. The second-order valence-electron chi connectivity index (χ2n) is 8.85. The Balaban J connectivity index is 1.46. The van der Waals surface area contributed by atoms with E-state index in [4.69, 9.17) is 4.74 Å². The minimum atomic E-state index is -0.469. The fraction of sp³-hybridized carbons (Fsp3) is 0.375. The molecule has 0 N–H and O–H groups in total. The summed E-state index contributed by atoms with van der Waals surface area (Å²) in [5.74, 6) is -0.415. The first-order valence-electron chi connectivity index (χ1n) is 10.9. The molecule has 3 aliphatic carbocycles. The highest BCUT2D eigenvalue weighted by atomic mass is 16.6. The highest BCUT2D eigenvalue weighted by Gasteiger charge is 2.56. The van der Waals surface area contributed by atoms with E-state index >= 15 is 0 Å². The summed E-state index contributed by atoms with van der Waals surface area (Å²) in [4.78, 5) is 36.6. The van der Waals surface area contributed by atoms with Crippen molar-refractivity contribution in [2.45, 2.75) is 26.7 Å². The van der Waals surface area contributed by atoms with Crippen molar-refractivity contribution in [3.63, 3.8) is 0 Å². The predicted molar refractivity (Wildman–Crippen MR) is 120 cm³/mol. The number of nitrogens with zero attached hydrogens (tertiary/aromatic N) is 4. The number of carbonyl (C=O) groups excluding carboxylic acids is 2. The average molecular weight is 448 g/mol. The Labute approximate surface area is 190 Å². The van der Waals surface area contributed by atoms with E-state index in [0.717, 1.165) is 34.8 Å². The van der Waals surface area contributed by atoms with E-state index in [1.54, 1.807) is 12.3 Å². The lowest BCUT2D eigenvalue weighted by atomic mass is 9.63. The molecule has 170 valence electrons. The number of benzene rings is 1. The summed E-state index contributed by atoms with van der Waals surface area (Å²) in [6, 6.07) is 6.34. The van der Waals surface area contributed by atoms with Gasteiger partial charge in [-0.15, -0.1) is 0 Å². The molecule has 2 fully saturated rings. The highest BCUT2D eigenvalue weighted by Crippen LogP contribution is 2.49. The molecule has 1 saturated carbocycles. The lowest BCUT2D eigenvalue weighted by Gasteiger charge is -2.37. The number of imide groups is 1. The van der Waals surface area contributed by atoms with Gasteiger partial charge in [-0.05, 0) is 50.7 Å². The Hall–Kier alpha value is -3.75. The molecule has 0 spiro atoms. The fourth-order valence-electron chi connectivity index (χ4n) is 5.55. The second kappa shape index (κ2) is 7.68. The molecule has 0 radical (unpaired) electrons. The van der Waals surface area contributed by atoms with Gasteiger partial charge in [-0.3, -0.25) is 19.7 Å². The number of aromatic nitrogens is 1. The molecule has 9 heteroatoms. The van der Waals surface area contributed by atoms with Crippen LogP contribution < -0.4 is 4.74 Å². The van der Waals surface area contributed by atoms with Gasteiger partial charge in [0, 0.05) is 23.0 Å². The largest absolute Gasteiger partial charge is 0.494 e. The van der Waals surface area contributed by atoms with Gasteiger partial charge < -0.3 is 9.30 Å². The molecule has 2 heterocycles. The van der Waals surface area contributed by atoms with Gasteiger partial charge in [0.25, 0.3) is 17.5 Å². The van der Waals surface area contributed by atoms with Crippen LogP contribution in [0.2, 0.25) is 0 Å².